The lowest BCUT2D eigenvalue weighted by molar-refractivity contribution is 0.185. The molecule has 0 bridgehead atoms. The minimum absolute atomic E-state index is 0.116. The third kappa shape index (κ3) is 2.04. The Kier molecular flexibility index (Phi) is 2.68. The topological polar surface area (TPSA) is 112 Å². The molecule has 0 unspecified atom stereocenters. The molecule has 0 fully saturated rings. The SMILES string of the molecule is CN1c2cc(O)c(N=NC(N)=O)cc2C[C@H]1O. The first kappa shape index (κ1) is 11.3. The fourth-order valence-corrected chi connectivity index (χ4v) is 1.78. The van der Waals surface area contributed by atoms with Crippen molar-refractivity contribution in [1.82, 2.24) is 0 Å². The van der Waals surface area contributed by atoms with Gasteiger partial charge in [-0.15, -0.1) is 5.11 Å². The van der Waals surface area contributed by atoms with Crippen LogP contribution in [0.5, 0.6) is 5.75 Å². The van der Waals surface area contributed by atoms with E-state index >= 15 is 0 Å². The number of carbonyl (C=O) groups is 1. The van der Waals surface area contributed by atoms with Gasteiger partial charge in [-0.25, -0.2) is 4.79 Å². The normalized spacial score (nSPS) is 18.7. The zero-order valence-corrected chi connectivity index (χ0v) is 9.16. The van der Waals surface area contributed by atoms with Gasteiger partial charge >= 0.3 is 6.03 Å². The van der Waals surface area contributed by atoms with Crippen LogP contribution in [0.2, 0.25) is 0 Å². The summed E-state index contributed by atoms with van der Waals surface area (Å²) in [5.74, 6) is -0.116. The standard InChI is InChI=1S/C10H12N4O3/c1-14-7-4-8(15)6(12-13-10(11)17)2-5(7)3-9(14)16/h2,4,9,15-16H,3H2,1H3,(H2,11,17)/t9-/m1/s1. The molecule has 2 amide bonds. The number of rotatable bonds is 1. The molecule has 0 saturated heterocycles. The largest absolute Gasteiger partial charge is 0.506 e. The molecule has 1 aliphatic heterocycles. The van der Waals surface area contributed by atoms with Crippen molar-refractivity contribution >= 4 is 17.4 Å². The summed E-state index contributed by atoms with van der Waals surface area (Å²) in [6.45, 7) is 0. The van der Waals surface area contributed by atoms with E-state index in [1.165, 1.54) is 6.07 Å². The maximum atomic E-state index is 10.5. The Morgan fingerprint density at radius 3 is 2.94 bits per heavy atom. The van der Waals surface area contributed by atoms with Crippen LogP contribution < -0.4 is 10.6 Å². The van der Waals surface area contributed by atoms with Crippen LogP contribution >= 0.6 is 0 Å². The third-order valence-corrected chi connectivity index (χ3v) is 2.66. The number of anilines is 1. The minimum atomic E-state index is -0.929. The molecule has 1 atom stereocenters. The van der Waals surface area contributed by atoms with Crippen LogP contribution in [0.3, 0.4) is 0 Å². The monoisotopic (exact) mass is 236 g/mol. The summed E-state index contributed by atoms with van der Waals surface area (Å²) >= 11 is 0. The van der Waals surface area contributed by atoms with E-state index < -0.39 is 12.3 Å². The number of urea groups is 1. The molecule has 7 nitrogen and oxygen atoms in total. The Morgan fingerprint density at radius 1 is 1.59 bits per heavy atom. The lowest BCUT2D eigenvalue weighted by atomic mass is 10.1. The minimum Gasteiger partial charge on any atom is -0.506 e. The molecule has 17 heavy (non-hydrogen) atoms. The highest BCUT2D eigenvalue weighted by Crippen LogP contribution is 2.39. The second kappa shape index (κ2) is 4.02. The molecular formula is C10H12N4O3. The van der Waals surface area contributed by atoms with Crippen molar-refractivity contribution < 1.29 is 15.0 Å². The second-order valence-corrected chi connectivity index (χ2v) is 3.80. The smallest absolute Gasteiger partial charge is 0.356 e. The molecule has 0 radical (unpaired) electrons. The molecule has 0 saturated carbocycles. The number of nitrogens with two attached hydrogens (primary N) is 1. The van der Waals surface area contributed by atoms with Crippen LogP contribution in [0.1, 0.15) is 5.56 Å². The van der Waals surface area contributed by atoms with E-state index in [0.29, 0.717) is 6.42 Å². The van der Waals surface area contributed by atoms with Gasteiger partial charge < -0.3 is 20.8 Å². The summed E-state index contributed by atoms with van der Waals surface area (Å²) in [4.78, 5) is 12.1. The van der Waals surface area contributed by atoms with E-state index in [2.05, 4.69) is 10.2 Å². The first-order valence-electron chi connectivity index (χ1n) is 4.97. The van der Waals surface area contributed by atoms with Crippen molar-refractivity contribution in [3.63, 3.8) is 0 Å². The van der Waals surface area contributed by atoms with Gasteiger partial charge in [-0.3, -0.25) is 0 Å². The third-order valence-electron chi connectivity index (χ3n) is 2.66. The van der Waals surface area contributed by atoms with Gasteiger partial charge in [0.25, 0.3) is 0 Å². The molecule has 90 valence electrons. The zero-order chi connectivity index (χ0) is 12.6. The first-order chi connectivity index (χ1) is 7.99. The number of fused-ring (bicyclic) bond motifs is 1. The Bertz CT molecular complexity index is 501. The lowest BCUT2D eigenvalue weighted by Crippen LogP contribution is -2.26. The van der Waals surface area contributed by atoms with Crippen molar-refractivity contribution in [2.75, 3.05) is 11.9 Å². The molecule has 1 aromatic carbocycles. The number of primary amides is 1. The van der Waals surface area contributed by atoms with Crippen LogP contribution in [0, 0.1) is 0 Å². The maximum Gasteiger partial charge on any atom is 0.356 e. The van der Waals surface area contributed by atoms with E-state index in [4.69, 9.17) is 5.73 Å². The van der Waals surface area contributed by atoms with Gasteiger partial charge in [0.05, 0.1) is 0 Å². The Hall–Kier alpha value is -2.15. The van der Waals surface area contributed by atoms with Gasteiger partial charge in [0.2, 0.25) is 0 Å². The molecule has 0 spiro atoms. The molecule has 1 aliphatic rings. The predicted molar refractivity (Wildman–Crippen MR) is 60.3 cm³/mol. The Balaban J connectivity index is 2.40. The number of hydrogen-bond acceptors (Lipinski definition) is 5. The molecule has 1 heterocycles. The van der Waals surface area contributed by atoms with Crippen molar-refractivity contribution in [2.45, 2.75) is 12.6 Å². The summed E-state index contributed by atoms with van der Waals surface area (Å²) in [6, 6.07) is 2.12. The molecule has 1 aromatic rings. The number of phenols is 1. The summed E-state index contributed by atoms with van der Waals surface area (Å²) < 4.78 is 0. The number of hydrogen-bond donors (Lipinski definition) is 3. The number of benzene rings is 1. The highest BCUT2D eigenvalue weighted by molar-refractivity contribution is 5.73. The van der Waals surface area contributed by atoms with E-state index in [9.17, 15) is 15.0 Å². The van der Waals surface area contributed by atoms with Crippen molar-refractivity contribution in [1.29, 1.82) is 0 Å². The number of aliphatic hydroxyl groups is 1. The van der Waals surface area contributed by atoms with E-state index in [1.54, 1.807) is 18.0 Å². The zero-order valence-electron chi connectivity index (χ0n) is 9.16. The van der Waals surface area contributed by atoms with Gasteiger partial charge in [-0.2, -0.15) is 0 Å². The van der Waals surface area contributed by atoms with Gasteiger partial charge in [-0.05, 0) is 11.6 Å². The number of phenolic OH excluding ortho intramolecular Hbond substituents is 1. The lowest BCUT2D eigenvalue weighted by Gasteiger charge is -2.17. The highest BCUT2D eigenvalue weighted by atomic mass is 16.3. The van der Waals surface area contributed by atoms with Crippen molar-refractivity contribution in [2.24, 2.45) is 16.0 Å². The van der Waals surface area contributed by atoms with Gasteiger partial charge in [0, 0.05) is 25.2 Å². The predicted octanol–water partition coefficient (Wildman–Crippen LogP) is 0.865. The molecule has 2 rings (SSSR count). The number of likely N-dealkylation sites (N-methyl/N-ethyl adjacent to an activating group) is 1. The summed E-state index contributed by atoms with van der Waals surface area (Å²) in [6.07, 6.45) is -0.182. The average Bonchev–Trinajstić information content (AvgIpc) is 2.52. The molecule has 7 heteroatoms. The van der Waals surface area contributed by atoms with E-state index in [1.807, 2.05) is 0 Å². The number of aliphatic hydroxyl groups excluding tert-OH is 1. The summed E-state index contributed by atoms with van der Waals surface area (Å²) in [7, 11) is 1.72. The van der Waals surface area contributed by atoms with Gasteiger partial charge in [0.15, 0.2) is 0 Å². The molecule has 0 aromatic heterocycles. The number of aromatic hydroxyl groups is 1. The number of amides is 2. The van der Waals surface area contributed by atoms with Crippen LogP contribution in [0.15, 0.2) is 22.4 Å². The second-order valence-electron chi connectivity index (χ2n) is 3.80. The van der Waals surface area contributed by atoms with Gasteiger partial charge in [-0.1, -0.05) is 5.11 Å². The van der Waals surface area contributed by atoms with E-state index in [0.717, 1.165) is 11.3 Å². The highest BCUT2D eigenvalue weighted by Gasteiger charge is 2.25. The summed E-state index contributed by atoms with van der Waals surface area (Å²) in [5, 5.41) is 26.0. The van der Waals surface area contributed by atoms with Crippen molar-refractivity contribution in [3.8, 4) is 5.75 Å². The average molecular weight is 236 g/mol. The van der Waals surface area contributed by atoms with Crippen LogP contribution in [0.4, 0.5) is 16.2 Å². The van der Waals surface area contributed by atoms with E-state index in [-0.39, 0.29) is 11.4 Å². The van der Waals surface area contributed by atoms with Crippen LogP contribution in [-0.4, -0.2) is 29.5 Å². The summed E-state index contributed by atoms with van der Waals surface area (Å²) in [5.41, 5.74) is 6.54. The van der Waals surface area contributed by atoms with Crippen molar-refractivity contribution in [3.05, 3.63) is 17.7 Å². The van der Waals surface area contributed by atoms with Crippen LogP contribution in [0.25, 0.3) is 0 Å². The van der Waals surface area contributed by atoms with Gasteiger partial charge in [0.1, 0.15) is 17.7 Å². The fourth-order valence-electron chi connectivity index (χ4n) is 1.78. The maximum absolute atomic E-state index is 10.5. The molecule has 0 aliphatic carbocycles. The molecule has 4 N–H and O–H groups in total. The Labute approximate surface area is 97.2 Å². The number of azo groups is 1. The number of nitrogens with zero attached hydrogens (tertiary/aromatic N) is 3. The molecular weight excluding hydrogens is 224 g/mol. The first-order valence-corrected chi connectivity index (χ1v) is 4.97. The van der Waals surface area contributed by atoms with Crippen LogP contribution in [-0.2, 0) is 6.42 Å². The number of carbonyl (C=O) groups excluding carboxylic acids is 1. The fraction of sp³-hybridized carbons (Fsp3) is 0.300. The quantitative estimate of drug-likeness (QED) is 0.628. The Morgan fingerprint density at radius 2 is 2.29 bits per heavy atom.